The number of esters is 1. The summed E-state index contributed by atoms with van der Waals surface area (Å²) in [5.74, 6) is -1.32. The van der Waals surface area contributed by atoms with Gasteiger partial charge in [0.2, 0.25) is 0 Å². The van der Waals surface area contributed by atoms with Crippen LogP contribution in [0.5, 0.6) is 0 Å². The quantitative estimate of drug-likeness (QED) is 0.183. The van der Waals surface area contributed by atoms with Gasteiger partial charge in [0.25, 0.3) is 17.5 Å². The number of fused-ring (bicyclic) bond motifs is 1. The number of ether oxygens (including phenoxy) is 1. The molecule has 0 atom stereocenters. The smallest absolute Gasteiger partial charge is 0.330 e. The third-order valence-electron chi connectivity index (χ3n) is 4.14. The minimum Gasteiger partial charge on any atom is -0.462 e. The highest BCUT2D eigenvalue weighted by Crippen LogP contribution is 2.22. The van der Waals surface area contributed by atoms with Gasteiger partial charge in [-0.2, -0.15) is 0 Å². The Kier molecular flexibility index (Phi) is 5.59. The number of imide groups is 1. The number of rotatable bonds is 7. The molecule has 1 aliphatic heterocycles. The standard InChI is InChI=1S/C20H16N2O6/c23-18(10-9-14-5-3-6-15(13-14)22(26)27)28-12-4-11-21-19(24)16-7-1-2-8-17(16)20(21)25/h1-3,5-10,13H,4,11-12H2. The van der Waals surface area contributed by atoms with Gasteiger partial charge in [-0.3, -0.25) is 24.6 Å². The Morgan fingerprint density at radius 3 is 2.39 bits per heavy atom. The Labute approximate surface area is 160 Å². The number of hydrogen-bond acceptors (Lipinski definition) is 6. The van der Waals surface area contributed by atoms with E-state index in [0.29, 0.717) is 23.1 Å². The van der Waals surface area contributed by atoms with Crippen LogP contribution in [0.15, 0.2) is 54.6 Å². The maximum Gasteiger partial charge on any atom is 0.330 e. The summed E-state index contributed by atoms with van der Waals surface area (Å²) in [4.78, 5) is 47.5. The number of carbonyl (C=O) groups is 3. The van der Waals surface area contributed by atoms with E-state index in [1.54, 1.807) is 30.3 Å². The van der Waals surface area contributed by atoms with Crippen molar-refractivity contribution < 1.29 is 24.0 Å². The Bertz CT molecular complexity index is 947. The first-order chi connectivity index (χ1) is 13.5. The van der Waals surface area contributed by atoms with E-state index in [4.69, 9.17) is 4.74 Å². The van der Waals surface area contributed by atoms with E-state index >= 15 is 0 Å². The second-order valence-corrected chi connectivity index (χ2v) is 6.01. The van der Waals surface area contributed by atoms with Gasteiger partial charge >= 0.3 is 5.97 Å². The molecule has 28 heavy (non-hydrogen) atoms. The van der Waals surface area contributed by atoms with Gasteiger partial charge < -0.3 is 4.74 Å². The van der Waals surface area contributed by atoms with E-state index in [1.165, 1.54) is 30.4 Å². The van der Waals surface area contributed by atoms with Crippen molar-refractivity contribution >= 4 is 29.5 Å². The molecule has 0 radical (unpaired) electrons. The molecule has 8 heteroatoms. The Morgan fingerprint density at radius 1 is 1.07 bits per heavy atom. The lowest BCUT2D eigenvalue weighted by atomic mass is 10.1. The predicted molar refractivity (Wildman–Crippen MR) is 99.5 cm³/mol. The summed E-state index contributed by atoms with van der Waals surface area (Å²) in [7, 11) is 0. The average molecular weight is 380 g/mol. The molecule has 1 aliphatic rings. The first-order valence-corrected chi connectivity index (χ1v) is 8.52. The van der Waals surface area contributed by atoms with E-state index in [-0.39, 0.29) is 30.7 Å². The van der Waals surface area contributed by atoms with Crippen molar-refractivity contribution in [1.82, 2.24) is 4.90 Å². The zero-order valence-corrected chi connectivity index (χ0v) is 14.7. The fraction of sp³-hybridized carbons (Fsp3) is 0.150. The molecule has 0 aromatic heterocycles. The number of hydrogen-bond donors (Lipinski definition) is 0. The Morgan fingerprint density at radius 2 is 1.75 bits per heavy atom. The van der Waals surface area contributed by atoms with E-state index in [0.717, 1.165) is 4.90 Å². The highest BCUT2D eigenvalue weighted by atomic mass is 16.6. The van der Waals surface area contributed by atoms with Crippen LogP contribution in [0.1, 0.15) is 32.7 Å². The lowest BCUT2D eigenvalue weighted by molar-refractivity contribution is -0.384. The van der Waals surface area contributed by atoms with E-state index in [9.17, 15) is 24.5 Å². The number of nitro benzene ring substituents is 1. The number of nitrogens with zero attached hydrogens (tertiary/aromatic N) is 2. The highest BCUT2D eigenvalue weighted by Gasteiger charge is 2.34. The van der Waals surface area contributed by atoms with Gasteiger partial charge in [-0.25, -0.2) is 4.79 Å². The molecule has 0 spiro atoms. The average Bonchev–Trinajstić information content (AvgIpc) is 2.94. The van der Waals surface area contributed by atoms with Gasteiger partial charge in [-0.1, -0.05) is 24.3 Å². The van der Waals surface area contributed by atoms with E-state index < -0.39 is 10.9 Å². The van der Waals surface area contributed by atoms with Gasteiger partial charge in [0.15, 0.2) is 0 Å². The van der Waals surface area contributed by atoms with Gasteiger partial charge in [0, 0.05) is 24.8 Å². The summed E-state index contributed by atoms with van der Waals surface area (Å²) in [6.07, 6.45) is 2.89. The molecule has 2 aromatic rings. The van der Waals surface area contributed by atoms with E-state index in [2.05, 4.69) is 0 Å². The molecule has 0 aliphatic carbocycles. The Hall–Kier alpha value is -3.81. The maximum atomic E-state index is 12.2. The minimum absolute atomic E-state index is 0.0333. The lowest BCUT2D eigenvalue weighted by Gasteiger charge is -2.13. The SMILES string of the molecule is O=C(C=Cc1cccc([N+](=O)[O-])c1)OCCCN1C(=O)c2ccccc2C1=O. The van der Waals surface area contributed by atoms with Gasteiger partial charge in [0.05, 0.1) is 22.7 Å². The number of nitro groups is 1. The number of carbonyl (C=O) groups excluding carboxylic acids is 3. The molecule has 0 N–H and O–H groups in total. The fourth-order valence-electron chi connectivity index (χ4n) is 2.79. The number of amides is 2. The molecule has 0 saturated heterocycles. The van der Waals surface area contributed by atoms with Crippen molar-refractivity contribution in [3.8, 4) is 0 Å². The van der Waals surface area contributed by atoms with Crippen LogP contribution in [0, 0.1) is 10.1 Å². The van der Waals surface area contributed by atoms with Crippen molar-refractivity contribution in [2.24, 2.45) is 0 Å². The molecule has 0 bridgehead atoms. The number of non-ortho nitro benzene ring substituents is 1. The minimum atomic E-state index is -0.617. The molecular formula is C20H16N2O6. The van der Waals surface area contributed by atoms with Gasteiger partial charge in [-0.05, 0) is 30.2 Å². The van der Waals surface area contributed by atoms with Crippen LogP contribution in [-0.2, 0) is 9.53 Å². The van der Waals surface area contributed by atoms with Crippen molar-refractivity contribution in [1.29, 1.82) is 0 Å². The van der Waals surface area contributed by atoms with Crippen LogP contribution in [0.2, 0.25) is 0 Å². The fourth-order valence-corrected chi connectivity index (χ4v) is 2.79. The van der Waals surface area contributed by atoms with Crippen LogP contribution in [0.25, 0.3) is 6.08 Å². The van der Waals surface area contributed by atoms with Crippen molar-refractivity contribution in [3.05, 3.63) is 81.4 Å². The topological polar surface area (TPSA) is 107 Å². The summed E-state index contributed by atoms with van der Waals surface area (Å²) in [6, 6.07) is 12.4. The zero-order chi connectivity index (χ0) is 20.1. The van der Waals surface area contributed by atoms with Crippen LogP contribution in [-0.4, -0.2) is 40.8 Å². The first kappa shape index (κ1) is 19.0. The molecule has 142 valence electrons. The van der Waals surface area contributed by atoms with Crippen molar-refractivity contribution in [2.75, 3.05) is 13.2 Å². The predicted octanol–water partition coefficient (Wildman–Crippen LogP) is 2.84. The Balaban J connectivity index is 1.46. The second-order valence-electron chi connectivity index (χ2n) is 6.01. The molecule has 3 rings (SSSR count). The van der Waals surface area contributed by atoms with Gasteiger partial charge in [-0.15, -0.1) is 0 Å². The molecule has 2 aromatic carbocycles. The molecule has 8 nitrogen and oxygen atoms in total. The molecule has 0 fully saturated rings. The first-order valence-electron chi connectivity index (χ1n) is 8.52. The normalized spacial score (nSPS) is 13.1. The highest BCUT2D eigenvalue weighted by molar-refractivity contribution is 6.21. The van der Waals surface area contributed by atoms with E-state index in [1.807, 2.05) is 0 Å². The zero-order valence-electron chi connectivity index (χ0n) is 14.7. The second kappa shape index (κ2) is 8.26. The lowest BCUT2D eigenvalue weighted by Crippen LogP contribution is -2.31. The number of benzene rings is 2. The molecular weight excluding hydrogens is 364 g/mol. The summed E-state index contributed by atoms with van der Waals surface area (Å²) in [6.45, 7) is 0.180. The van der Waals surface area contributed by atoms with Crippen molar-refractivity contribution in [3.63, 3.8) is 0 Å². The van der Waals surface area contributed by atoms with Gasteiger partial charge in [0.1, 0.15) is 0 Å². The van der Waals surface area contributed by atoms with Crippen LogP contribution < -0.4 is 0 Å². The molecule has 1 heterocycles. The van der Waals surface area contributed by atoms with Crippen molar-refractivity contribution in [2.45, 2.75) is 6.42 Å². The molecule has 0 saturated carbocycles. The summed E-state index contributed by atoms with van der Waals surface area (Å²) < 4.78 is 5.04. The molecule has 2 amide bonds. The van der Waals surface area contributed by atoms with Crippen LogP contribution >= 0.6 is 0 Å². The summed E-state index contributed by atoms with van der Waals surface area (Å²) in [5.41, 5.74) is 1.18. The summed E-state index contributed by atoms with van der Waals surface area (Å²) in [5, 5.41) is 10.7. The summed E-state index contributed by atoms with van der Waals surface area (Å²) >= 11 is 0. The monoisotopic (exact) mass is 380 g/mol. The largest absolute Gasteiger partial charge is 0.462 e. The van der Waals surface area contributed by atoms with Crippen LogP contribution in [0.3, 0.4) is 0 Å². The third-order valence-corrected chi connectivity index (χ3v) is 4.14. The van der Waals surface area contributed by atoms with Crippen LogP contribution in [0.4, 0.5) is 5.69 Å². The molecule has 0 unspecified atom stereocenters. The third kappa shape index (κ3) is 4.12. The maximum absolute atomic E-state index is 12.2.